The minimum absolute atomic E-state index is 0.151. The van der Waals surface area contributed by atoms with Crippen molar-refractivity contribution in [1.29, 1.82) is 5.26 Å². The van der Waals surface area contributed by atoms with E-state index in [0.717, 1.165) is 18.2 Å². The van der Waals surface area contributed by atoms with Gasteiger partial charge in [-0.25, -0.2) is 17.5 Å². The normalized spacial score (nSPS) is 11.0. The Labute approximate surface area is 151 Å². The summed E-state index contributed by atoms with van der Waals surface area (Å²) < 4.78 is 40.5. The average molecular weight is 375 g/mol. The van der Waals surface area contributed by atoms with Gasteiger partial charge in [-0.1, -0.05) is 19.1 Å². The van der Waals surface area contributed by atoms with Crippen LogP contribution in [0.5, 0.6) is 0 Å². The zero-order valence-corrected chi connectivity index (χ0v) is 15.2. The largest absolute Gasteiger partial charge is 0.337 e. The Morgan fingerprint density at radius 3 is 2.65 bits per heavy atom. The monoisotopic (exact) mass is 375 g/mol. The average Bonchev–Trinajstić information content (AvgIpc) is 2.61. The molecule has 0 aliphatic heterocycles. The van der Waals surface area contributed by atoms with Gasteiger partial charge in [-0.15, -0.1) is 0 Å². The van der Waals surface area contributed by atoms with Gasteiger partial charge in [-0.3, -0.25) is 4.79 Å². The van der Waals surface area contributed by atoms with E-state index in [1.807, 2.05) is 6.07 Å². The van der Waals surface area contributed by atoms with Gasteiger partial charge in [0.1, 0.15) is 5.82 Å². The van der Waals surface area contributed by atoms with E-state index in [-0.39, 0.29) is 23.5 Å². The standard InChI is InChI=1S/C18H18FN3O3S/c1-3-21-26(24,25)15-7-8-17(19)16(10-15)18(23)22(2)12-14-6-4-5-13(9-14)11-20/h4-10,21H,3,12H2,1-2H3. The quantitative estimate of drug-likeness (QED) is 0.839. The van der Waals surface area contributed by atoms with Crippen molar-refractivity contribution in [3.05, 3.63) is 65.0 Å². The SMILES string of the molecule is CCNS(=O)(=O)c1ccc(F)c(C(=O)N(C)Cc2cccc(C#N)c2)c1. The third-order valence-corrected chi connectivity index (χ3v) is 5.18. The van der Waals surface area contributed by atoms with Crippen LogP contribution >= 0.6 is 0 Å². The van der Waals surface area contributed by atoms with E-state index in [9.17, 15) is 17.6 Å². The first-order valence-electron chi connectivity index (χ1n) is 7.82. The summed E-state index contributed by atoms with van der Waals surface area (Å²) in [5.74, 6) is -1.46. The summed E-state index contributed by atoms with van der Waals surface area (Å²) in [6, 6.07) is 11.8. The van der Waals surface area contributed by atoms with Crippen LogP contribution in [0.2, 0.25) is 0 Å². The molecule has 0 bridgehead atoms. The Bertz CT molecular complexity index is 968. The number of halogens is 1. The van der Waals surface area contributed by atoms with E-state index in [0.29, 0.717) is 11.1 Å². The number of amides is 1. The van der Waals surface area contributed by atoms with Crippen molar-refractivity contribution in [3.63, 3.8) is 0 Å². The van der Waals surface area contributed by atoms with Crippen molar-refractivity contribution < 1.29 is 17.6 Å². The van der Waals surface area contributed by atoms with Crippen molar-refractivity contribution in [2.45, 2.75) is 18.4 Å². The smallest absolute Gasteiger partial charge is 0.256 e. The van der Waals surface area contributed by atoms with E-state index in [1.54, 1.807) is 31.2 Å². The molecule has 2 aromatic carbocycles. The Morgan fingerprint density at radius 2 is 2.00 bits per heavy atom. The zero-order valence-electron chi connectivity index (χ0n) is 14.4. The molecule has 0 aliphatic carbocycles. The molecule has 0 saturated heterocycles. The molecular weight excluding hydrogens is 357 g/mol. The number of nitrogens with one attached hydrogen (secondary N) is 1. The fraction of sp³-hybridized carbons (Fsp3) is 0.222. The van der Waals surface area contributed by atoms with Gasteiger partial charge >= 0.3 is 0 Å². The van der Waals surface area contributed by atoms with Gasteiger partial charge in [0.15, 0.2) is 0 Å². The van der Waals surface area contributed by atoms with E-state index >= 15 is 0 Å². The van der Waals surface area contributed by atoms with Crippen molar-refractivity contribution in [2.24, 2.45) is 0 Å². The van der Waals surface area contributed by atoms with E-state index in [1.165, 1.54) is 11.9 Å². The Balaban J connectivity index is 2.29. The predicted octanol–water partition coefficient (Wildman–Crippen LogP) is 2.27. The maximum absolute atomic E-state index is 14.1. The molecule has 0 unspecified atom stereocenters. The third kappa shape index (κ3) is 4.45. The second-order valence-electron chi connectivity index (χ2n) is 5.62. The number of sulfonamides is 1. The topological polar surface area (TPSA) is 90.3 Å². The van der Waals surface area contributed by atoms with Gasteiger partial charge < -0.3 is 4.90 Å². The van der Waals surface area contributed by atoms with Gasteiger partial charge in [0.2, 0.25) is 10.0 Å². The molecule has 1 N–H and O–H groups in total. The molecular formula is C18H18FN3O3S. The number of carbonyl (C=O) groups excluding carboxylic acids is 1. The molecule has 0 saturated carbocycles. The van der Waals surface area contributed by atoms with Gasteiger partial charge in [-0.05, 0) is 35.9 Å². The number of rotatable bonds is 6. The summed E-state index contributed by atoms with van der Waals surface area (Å²) in [5.41, 5.74) is 0.827. The van der Waals surface area contributed by atoms with Crippen molar-refractivity contribution in [1.82, 2.24) is 9.62 Å². The lowest BCUT2D eigenvalue weighted by Crippen LogP contribution is -2.28. The van der Waals surface area contributed by atoms with Crippen molar-refractivity contribution >= 4 is 15.9 Å². The van der Waals surface area contributed by atoms with Crippen LogP contribution in [-0.2, 0) is 16.6 Å². The molecule has 8 heteroatoms. The molecule has 0 radical (unpaired) electrons. The summed E-state index contributed by atoms with van der Waals surface area (Å²) in [4.78, 5) is 13.7. The number of benzene rings is 2. The lowest BCUT2D eigenvalue weighted by atomic mass is 10.1. The highest BCUT2D eigenvalue weighted by molar-refractivity contribution is 7.89. The number of carbonyl (C=O) groups is 1. The predicted molar refractivity (Wildman–Crippen MR) is 94.2 cm³/mol. The van der Waals surface area contributed by atoms with Gasteiger partial charge in [-0.2, -0.15) is 5.26 Å². The Morgan fingerprint density at radius 1 is 1.27 bits per heavy atom. The highest BCUT2D eigenvalue weighted by Crippen LogP contribution is 2.18. The maximum Gasteiger partial charge on any atom is 0.256 e. The first-order valence-corrected chi connectivity index (χ1v) is 9.30. The lowest BCUT2D eigenvalue weighted by molar-refractivity contribution is 0.0780. The molecule has 26 heavy (non-hydrogen) atoms. The third-order valence-electron chi connectivity index (χ3n) is 3.64. The van der Waals surface area contributed by atoms with Crippen LogP contribution in [0, 0.1) is 17.1 Å². The first kappa shape index (κ1) is 19.6. The second kappa shape index (κ2) is 8.08. The molecule has 0 spiro atoms. The molecule has 0 atom stereocenters. The Hall–Kier alpha value is -2.76. The van der Waals surface area contributed by atoms with Crippen LogP contribution in [-0.4, -0.2) is 32.8 Å². The summed E-state index contributed by atoms with van der Waals surface area (Å²) in [5, 5.41) is 8.93. The maximum atomic E-state index is 14.1. The molecule has 2 rings (SSSR count). The number of nitrogens with zero attached hydrogens (tertiary/aromatic N) is 2. The van der Waals surface area contributed by atoms with Crippen LogP contribution in [0.3, 0.4) is 0 Å². The van der Waals surface area contributed by atoms with Gasteiger partial charge in [0.05, 0.1) is 22.1 Å². The van der Waals surface area contributed by atoms with Crippen LogP contribution in [0.1, 0.15) is 28.4 Å². The number of hydrogen-bond donors (Lipinski definition) is 1. The van der Waals surface area contributed by atoms with Crippen LogP contribution in [0.25, 0.3) is 0 Å². The molecule has 1 amide bonds. The Kier molecular flexibility index (Phi) is 6.08. The van der Waals surface area contributed by atoms with Crippen LogP contribution < -0.4 is 4.72 Å². The van der Waals surface area contributed by atoms with E-state index in [2.05, 4.69) is 4.72 Å². The number of hydrogen-bond acceptors (Lipinski definition) is 4. The lowest BCUT2D eigenvalue weighted by Gasteiger charge is -2.18. The summed E-state index contributed by atoms with van der Waals surface area (Å²) in [7, 11) is -2.32. The molecule has 0 heterocycles. The molecule has 0 aliphatic rings. The van der Waals surface area contributed by atoms with Crippen molar-refractivity contribution in [2.75, 3.05) is 13.6 Å². The summed E-state index contributed by atoms with van der Waals surface area (Å²) in [6.07, 6.45) is 0. The highest BCUT2D eigenvalue weighted by atomic mass is 32.2. The molecule has 136 valence electrons. The first-order chi connectivity index (χ1) is 12.3. The molecule has 0 fully saturated rings. The highest BCUT2D eigenvalue weighted by Gasteiger charge is 2.21. The second-order valence-corrected chi connectivity index (χ2v) is 7.38. The zero-order chi connectivity index (χ0) is 19.3. The summed E-state index contributed by atoms with van der Waals surface area (Å²) >= 11 is 0. The minimum atomic E-state index is -3.80. The van der Waals surface area contributed by atoms with E-state index in [4.69, 9.17) is 5.26 Å². The fourth-order valence-corrected chi connectivity index (χ4v) is 3.47. The van der Waals surface area contributed by atoms with Crippen LogP contribution in [0.15, 0.2) is 47.4 Å². The molecule has 0 aromatic heterocycles. The minimum Gasteiger partial charge on any atom is -0.337 e. The number of nitriles is 1. The van der Waals surface area contributed by atoms with Gasteiger partial charge in [0.25, 0.3) is 5.91 Å². The van der Waals surface area contributed by atoms with E-state index < -0.39 is 21.7 Å². The van der Waals surface area contributed by atoms with Crippen molar-refractivity contribution in [3.8, 4) is 6.07 Å². The molecule has 6 nitrogen and oxygen atoms in total. The van der Waals surface area contributed by atoms with Gasteiger partial charge in [0, 0.05) is 20.1 Å². The fourth-order valence-electron chi connectivity index (χ4n) is 2.40. The van der Waals surface area contributed by atoms with Crippen LogP contribution in [0.4, 0.5) is 4.39 Å². The summed E-state index contributed by atoms with van der Waals surface area (Å²) in [6.45, 7) is 1.95. The molecule has 2 aromatic rings.